The molecule has 1 aliphatic heterocycles. The van der Waals surface area contributed by atoms with Gasteiger partial charge in [0.15, 0.2) is 6.10 Å². The van der Waals surface area contributed by atoms with Crippen molar-refractivity contribution in [2.45, 2.75) is 38.4 Å². The first-order valence-corrected chi connectivity index (χ1v) is 11.4. The van der Waals surface area contributed by atoms with Crippen LogP contribution in [0.4, 0.5) is 5.69 Å². The van der Waals surface area contributed by atoms with Crippen molar-refractivity contribution in [3.05, 3.63) is 64.2 Å². The second kappa shape index (κ2) is 9.05. The highest BCUT2D eigenvalue weighted by Crippen LogP contribution is 2.45. The number of ether oxygens (including phenoxy) is 1. The van der Waals surface area contributed by atoms with Crippen LogP contribution in [0.3, 0.4) is 0 Å². The third-order valence-electron chi connectivity index (χ3n) is 4.62. The Morgan fingerprint density at radius 2 is 1.61 bits per heavy atom. The van der Waals surface area contributed by atoms with E-state index in [4.69, 9.17) is 4.74 Å². The Kier molecular flexibility index (Phi) is 6.73. The number of carbonyl (C=O) groups excluding carboxylic acids is 2. The minimum Gasteiger partial charge on any atom is -0.449 e. The van der Waals surface area contributed by atoms with Crippen LogP contribution in [0.15, 0.2) is 36.4 Å². The molecule has 148 valence electrons. The Bertz CT molecular complexity index is 851. The summed E-state index contributed by atoms with van der Waals surface area (Å²) in [6, 6.07) is 11.5. The molecular formula is C22H25NO3S2. The summed E-state index contributed by atoms with van der Waals surface area (Å²) in [5.41, 5.74) is 5.56. The molecule has 1 heterocycles. The molecule has 6 heteroatoms. The molecule has 3 rings (SSSR count). The maximum atomic E-state index is 12.5. The molecule has 1 fully saturated rings. The Hall–Kier alpha value is -1.92. The highest BCUT2D eigenvalue weighted by molar-refractivity contribution is 8.19. The molecule has 0 saturated carbocycles. The second-order valence-electron chi connectivity index (χ2n) is 7.01. The molecule has 0 radical (unpaired) electrons. The predicted molar refractivity (Wildman–Crippen MR) is 118 cm³/mol. The zero-order chi connectivity index (χ0) is 20.3. The Labute approximate surface area is 174 Å². The molecule has 0 unspecified atom stereocenters. The number of hydrogen-bond donors (Lipinski definition) is 1. The quantitative estimate of drug-likeness (QED) is 0.674. The molecule has 28 heavy (non-hydrogen) atoms. The van der Waals surface area contributed by atoms with Crippen LogP contribution in [0.2, 0.25) is 0 Å². The first-order chi connectivity index (χ1) is 13.3. The summed E-state index contributed by atoms with van der Waals surface area (Å²) >= 11 is 3.84. The van der Waals surface area contributed by atoms with E-state index in [0.717, 1.165) is 33.9 Å². The summed E-state index contributed by atoms with van der Waals surface area (Å²) in [5.74, 6) is 1.49. The summed E-state index contributed by atoms with van der Waals surface area (Å²) < 4.78 is 5.82. The number of hydrogen-bond acceptors (Lipinski definition) is 5. The first-order valence-electron chi connectivity index (χ1n) is 9.28. The van der Waals surface area contributed by atoms with E-state index in [0.29, 0.717) is 10.1 Å². The molecule has 2 aromatic rings. The van der Waals surface area contributed by atoms with Gasteiger partial charge in [-0.05, 0) is 56.5 Å². The van der Waals surface area contributed by atoms with Gasteiger partial charge in [0, 0.05) is 17.2 Å². The predicted octanol–water partition coefficient (Wildman–Crippen LogP) is 5.27. The van der Waals surface area contributed by atoms with Gasteiger partial charge in [-0.3, -0.25) is 4.79 Å². The van der Waals surface area contributed by atoms with E-state index >= 15 is 0 Å². The van der Waals surface area contributed by atoms with Gasteiger partial charge in [-0.1, -0.05) is 29.8 Å². The van der Waals surface area contributed by atoms with Crippen LogP contribution in [-0.4, -0.2) is 29.5 Å². The van der Waals surface area contributed by atoms with Crippen LogP contribution in [0.5, 0.6) is 0 Å². The van der Waals surface area contributed by atoms with Crippen molar-refractivity contribution >= 4 is 41.1 Å². The van der Waals surface area contributed by atoms with Crippen LogP contribution < -0.4 is 5.32 Å². The lowest BCUT2D eigenvalue weighted by atomic mass is 10.0. The maximum absolute atomic E-state index is 12.5. The van der Waals surface area contributed by atoms with Crippen LogP contribution in [-0.2, 0) is 9.53 Å². The highest BCUT2D eigenvalue weighted by Gasteiger charge is 2.22. The standard InChI is InChI=1S/C22H25NO3S2/c1-13-11-14(2)19(15(3)12-13)23-20(24)16(4)26-21(25)17-5-7-18(8-6-17)22-27-9-10-28-22/h5-8,11-12,16,22H,9-10H2,1-4H3,(H,23,24)/t16-/m1/s1. The van der Waals surface area contributed by atoms with Gasteiger partial charge < -0.3 is 10.1 Å². The number of nitrogens with one attached hydrogen (secondary N) is 1. The molecule has 0 aliphatic carbocycles. The molecular weight excluding hydrogens is 390 g/mol. The lowest BCUT2D eigenvalue weighted by Crippen LogP contribution is -2.30. The van der Waals surface area contributed by atoms with Crippen LogP contribution in [0, 0.1) is 20.8 Å². The van der Waals surface area contributed by atoms with Crippen LogP contribution in [0.25, 0.3) is 0 Å². The van der Waals surface area contributed by atoms with Crippen molar-refractivity contribution in [1.29, 1.82) is 0 Å². The lowest BCUT2D eigenvalue weighted by Gasteiger charge is -2.17. The Morgan fingerprint density at radius 3 is 2.18 bits per heavy atom. The Morgan fingerprint density at radius 1 is 1.04 bits per heavy atom. The minimum absolute atomic E-state index is 0.334. The molecule has 1 saturated heterocycles. The summed E-state index contributed by atoms with van der Waals surface area (Å²) in [4.78, 5) is 24.9. The van der Waals surface area contributed by atoms with Gasteiger partial charge in [-0.25, -0.2) is 4.79 Å². The molecule has 1 aliphatic rings. The molecule has 2 aromatic carbocycles. The molecule has 0 aromatic heterocycles. The zero-order valence-electron chi connectivity index (χ0n) is 16.6. The molecule has 1 amide bonds. The average molecular weight is 416 g/mol. The van der Waals surface area contributed by atoms with Gasteiger partial charge in [0.1, 0.15) is 0 Å². The van der Waals surface area contributed by atoms with E-state index in [-0.39, 0.29) is 5.91 Å². The van der Waals surface area contributed by atoms with E-state index in [1.807, 2.05) is 68.6 Å². The number of esters is 1. The number of aryl methyl sites for hydroxylation is 3. The summed E-state index contributed by atoms with van der Waals surface area (Å²) in [5, 5.41) is 2.89. The van der Waals surface area contributed by atoms with Crippen molar-refractivity contribution in [1.82, 2.24) is 0 Å². The molecule has 0 spiro atoms. The van der Waals surface area contributed by atoms with Crippen LogP contribution >= 0.6 is 23.5 Å². The number of thioether (sulfide) groups is 2. The van der Waals surface area contributed by atoms with E-state index in [1.54, 1.807) is 19.1 Å². The van der Waals surface area contributed by atoms with Gasteiger partial charge in [0.05, 0.1) is 10.1 Å². The van der Waals surface area contributed by atoms with E-state index in [9.17, 15) is 9.59 Å². The van der Waals surface area contributed by atoms with E-state index in [1.165, 1.54) is 5.56 Å². The van der Waals surface area contributed by atoms with Gasteiger partial charge in [0.25, 0.3) is 5.91 Å². The smallest absolute Gasteiger partial charge is 0.338 e. The fourth-order valence-corrected chi connectivity index (χ4v) is 6.07. The van der Waals surface area contributed by atoms with E-state index < -0.39 is 12.1 Å². The number of rotatable bonds is 5. The third kappa shape index (κ3) is 4.92. The van der Waals surface area contributed by atoms with Gasteiger partial charge in [0.2, 0.25) is 0 Å². The highest BCUT2D eigenvalue weighted by atomic mass is 32.2. The SMILES string of the molecule is Cc1cc(C)c(NC(=O)[C@@H](C)OC(=O)c2ccc(C3SCCS3)cc2)c(C)c1. The summed E-state index contributed by atoms with van der Waals surface area (Å²) in [6.07, 6.45) is -0.881. The van der Waals surface area contributed by atoms with Crippen LogP contribution in [0.1, 0.15) is 44.1 Å². The Balaban J connectivity index is 1.61. The third-order valence-corrected chi connectivity index (χ3v) is 7.72. The fourth-order valence-electron chi connectivity index (χ4n) is 3.21. The lowest BCUT2D eigenvalue weighted by molar-refractivity contribution is -0.123. The molecule has 4 nitrogen and oxygen atoms in total. The van der Waals surface area contributed by atoms with Gasteiger partial charge in [-0.2, -0.15) is 0 Å². The van der Waals surface area contributed by atoms with Crippen molar-refractivity contribution < 1.29 is 14.3 Å². The molecule has 1 N–H and O–H groups in total. The fraction of sp³-hybridized carbons (Fsp3) is 0.364. The first kappa shape index (κ1) is 20.8. The number of carbonyl (C=O) groups is 2. The van der Waals surface area contributed by atoms with Crippen molar-refractivity contribution in [3.63, 3.8) is 0 Å². The normalized spacial score (nSPS) is 15.3. The van der Waals surface area contributed by atoms with Gasteiger partial charge in [-0.15, -0.1) is 23.5 Å². The second-order valence-corrected chi connectivity index (χ2v) is 9.73. The largest absolute Gasteiger partial charge is 0.449 e. The maximum Gasteiger partial charge on any atom is 0.338 e. The molecule has 1 atom stereocenters. The number of anilines is 1. The van der Waals surface area contributed by atoms with Gasteiger partial charge >= 0.3 is 5.97 Å². The number of amides is 1. The van der Waals surface area contributed by atoms with Crippen molar-refractivity contribution in [2.75, 3.05) is 16.8 Å². The summed E-state index contributed by atoms with van der Waals surface area (Å²) in [7, 11) is 0. The topological polar surface area (TPSA) is 55.4 Å². The zero-order valence-corrected chi connectivity index (χ0v) is 18.2. The molecule has 0 bridgehead atoms. The summed E-state index contributed by atoms with van der Waals surface area (Å²) in [6.45, 7) is 7.52. The monoisotopic (exact) mass is 415 g/mol. The number of benzene rings is 2. The minimum atomic E-state index is -0.881. The van der Waals surface area contributed by atoms with Crippen molar-refractivity contribution in [3.8, 4) is 0 Å². The average Bonchev–Trinajstić information content (AvgIpc) is 3.19. The van der Waals surface area contributed by atoms with Crippen molar-refractivity contribution in [2.24, 2.45) is 0 Å². The van der Waals surface area contributed by atoms with E-state index in [2.05, 4.69) is 5.32 Å².